The minimum absolute atomic E-state index is 0.343. The van der Waals surface area contributed by atoms with Crippen molar-refractivity contribution in [2.24, 2.45) is 0 Å². The molecule has 21 heavy (non-hydrogen) atoms. The second-order valence-electron chi connectivity index (χ2n) is 5.00. The number of hydrogen-bond donors (Lipinski definition) is 0. The van der Waals surface area contributed by atoms with Crippen LogP contribution in [0.15, 0.2) is 54.6 Å². The van der Waals surface area contributed by atoms with E-state index >= 15 is 0 Å². The predicted molar refractivity (Wildman–Crippen MR) is 84.9 cm³/mol. The number of benzene rings is 2. The maximum absolute atomic E-state index is 6.00. The van der Waals surface area contributed by atoms with Crippen molar-refractivity contribution in [3.05, 3.63) is 77.4 Å². The van der Waals surface area contributed by atoms with E-state index in [4.69, 9.17) is 11.6 Å². The molecule has 3 aromatic rings. The highest BCUT2D eigenvalue weighted by molar-refractivity contribution is 6.16. The molecule has 0 atom stereocenters. The van der Waals surface area contributed by atoms with Crippen LogP contribution < -0.4 is 0 Å². The van der Waals surface area contributed by atoms with Gasteiger partial charge >= 0.3 is 0 Å². The van der Waals surface area contributed by atoms with Crippen LogP contribution in [0.25, 0.3) is 5.69 Å². The van der Waals surface area contributed by atoms with Crippen LogP contribution >= 0.6 is 11.6 Å². The van der Waals surface area contributed by atoms with Gasteiger partial charge in [-0.1, -0.05) is 48.0 Å². The highest BCUT2D eigenvalue weighted by Crippen LogP contribution is 2.17. The molecule has 1 heterocycles. The molecule has 0 radical (unpaired) electrons. The standard InChI is InChI=1S/C17H16ClN3/c1-13-7-9-14(10-8-13)11-16-19-20-17(12-18)21(16)15-5-3-2-4-6-15/h2-10H,11-12H2,1H3. The second kappa shape index (κ2) is 6.10. The van der Waals surface area contributed by atoms with Crippen molar-refractivity contribution in [3.8, 4) is 5.69 Å². The Hall–Kier alpha value is -2.13. The third-order valence-electron chi connectivity index (χ3n) is 3.41. The molecule has 0 bridgehead atoms. The lowest BCUT2D eigenvalue weighted by molar-refractivity contribution is 0.886. The van der Waals surface area contributed by atoms with Gasteiger partial charge < -0.3 is 0 Å². The molecule has 4 heteroatoms. The molecule has 3 nitrogen and oxygen atoms in total. The van der Waals surface area contributed by atoms with E-state index in [9.17, 15) is 0 Å². The van der Waals surface area contributed by atoms with Crippen molar-refractivity contribution in [2.45, 2.75) is 19.2 Å². The number of nitrogens with zero attached hydrogens (tertiary/aromatic N) is 3. The summed E-state index contributed by atoms with van der Waals surface area (Å²) in [5, 5.41) is 8.52. The van der Waals surface area contributed by atoms with Crippen LogP contribution in [-0.2, 0) is 12.3 Å². The van der Waals surface area contributed by atoms with Gasteiger partial charge in [0.25, 0.3) is 0 Å². The lowest BCUT2D eigenvalue weighted by Gasteiger charge is -2.09. The molecule has 3 rings (SSSR count). The number of aryl methyl sites for hydroxylation is 1. The first-order chi connectivity index (χ1) is 10.3. The highest BCUT2D eigenvalue weighted by atomic mass is 35.5. The molecule has 1 aromatic heterocycles. The molecule has 0 amide bonds. The lowest BCUT2D eigenvalue weighted by atomic mass is 10.1. The quantitative estimate of drug-likeness (QED) is 0.684. The van der Waals surface area contributed by atoms with Crippen LogP contribution in [-0.4, -0.2) is 14.8 Å². The Bertz CT molecular complexity index is 718. The van der Waals surface area contributed by atoms with Crippen molar-refractivity contribution in [3.63, 3.8) is 0 Å². The van der Waals surface area contributed by atoms with Crippen molar-refractivity contribution in [1.82, 2.24) is 14.8 Å². The molecular formula is C17H16ClN3. The smallest absolute Gasteiger partial charge is 0.152 e. The maximum atomic E-state index is 6.00. The van der Waals surface area contributed by atoms with Gasteiger partial charge in [-0.25, -0.2) is 0 Å². The summed E-state index contributed by atoms with van der Waals surface area (Å²) in [4.78, 5) is 0. The Morgan fingerprint density at radius 3 is 2.24 bits per heavy atom. The van der Waals surface area contributed by atoms with Crippen LogP contribution in [0.2, 0.25) is 0 Å². The summed E-state index contributed by atoms with van der Waals surface area (Å²) in [6.45, 7) is 2.09. The minimum Gasteiger partial charge on any atom is -0.282 e. The van der Waals surface area contributed by atoms with Gasteiger partial charge in [0.05, 0.1) is 5.88 Å². The fourth-order valence-corrected chi connectivity index (χ4v) is 2.49. The van der Waals surface area contributed by atoms with Gasteiger partial charge in [0, 0.05) is 12.1 Å². The maximum Gasteiger partial charge on any atom is 0.152 e. The third kappa shape index (κ3) is 2.98. The van der Waals surface area contributed by atoms with E-state index in [1.807, 2.05) is 34.9 Å². The number of alkyl halides is 1. The van der Waals surface area contributed by atoms with Crippen molar-refractivity contribution >= 4 is 11.6 Å². The predicted octanol–water partition coefficient (Wildman–Crippen LogP) is 3.91. The van der Waals surface area contributed by atoms with Crippen LogP contribution in [0.3, 0.4) is 0 Å². The molecule has 0 aliphatic heterocycles. The van der Waals surface area contributed by atoms with Crippen LogP contribution in [0.4, 0.5) is 0 Å². The average molecular weight is 298 g/mol. The molecule has 0 saturated carbocycles. The summed E-state index contributed by atoms with van der Waals surface area (Å²) < 4.78 is 2.03. The van der Waals surface area contributed by atoms with E-state index < -0.39 is 0 Å². The first-order valence-electron chi connectivity index (χ1n) is 6.88. The fourth-order valence-electron chi connectivity index (χ4n) is 2.32. The van der Waals surface area contributed by atoms with E-state index in [0.717, 1.165) is 23.8 Å². The van der Waals surface area contributed by atoms with Gasteiger partial charge in [0.2, 0.25) is 0 Å². The fraction of sp³-hybridized carbons (Fsp3) is 0.176. The number of aromatic nitrogens is 3. The largest absolute Gasteiger partial charge is 0.282 e. The van der Waals surface area contributed by atoms with Gasteiger partial charge in [0.1, 0.15) is 5.82 Å². The molecule has 0 fully saturated rings. The summed E-state index contributed by atoms with van der Waals surface area (Å²) >= 11 is 6.00. The molecule has 2 aromatic carbocycles. The van der Waals surface area contributed by atoms with E-state index in [2.05, 4.69) is 41.4 Å². The Balaban J connectivity index is 1.99. The molecule has 0 aliphatic carbocycles. The summed E-state index contributed by atoms with van der Waals surface area (Å²) in [5.74, 6) is 2.01. The first kappa shape index (κ1) is 13.8. The van der Waals surface area contributed by atoms with E-state index in [1.165, 1.54) is 11.1 Å². The third-order valence-corrected chi connectivity index (χ3v) is 3.65. The minimum atomic E-state index is 0.343. The average Bonchev–Trinajstić information content (AvgIpc) is 2.93. The summed E-state index contributed by atoms with van der Waals surface area (Å²) in [6, 6.07) is 18.6. The van der Waals surface area contributed by atoms with Gasteiger partial charge in [-0.3, -0.25) is 4.57 Å². The van der Waals surface area contributed by atoms with Crippen LogP contribution in [0.5, 0.6) is 0 Å². The molecule has 0 saturated heterocycles. The van der Waals surface area contributed by atoms with Crippen molar-refractivity contribution in [2.75, 3.05) is 0 Å². The zero-order valence-corrected chi connectivity index (χ0v) is 12.6. The number of halogens is 1. The van der Waals surface area contributed by atoms with E-state index in [0.29, 0.717) is 5.88 Å². The normalized spacial score (nSPS) is 10.8. The number of hydrogen-bond acceptors (Lipinski definition) is 2. The van der Waals surface area contributed by atoms with E-state index in [1.54, 1.807) is 0 Å². The topological polar surface area (TPSA) is 30.7 Å². The summed E-state index contributed by atoms with van der Waals surface area (Å²) in [7, 11) is 0. The zero-order chi connectivity index (χ0) is 14.7. The van der Waals surface area contributed by atoms with Gasteiger partial charge in [0.15, 0.2) is 5.82 Å². The lowest BCUT2D eigenvalue weighted by Crippen LogP contribution is -2.05. The number of para-hydroxylation sites is 1. The van der Waals surface area contributed by atoms with Crippen LogP contribution in [0, 0.1) is 6.92 Å². The summed E-state index contributed by atoms with van der Waals surface area (Å²) in [6.07, 6.45) is 0.735. The monoisotopic (exact) mass is 297 g/mol. The molecule has 0 unspecified atom stereocenters. The van der Waals surface area contributed by atoms with Crippen molar-refractivity contribution < 1.29 is 0 Å². The highest BCUT2D eigenvalue weighted by Gasteiger charge is 2.13. The molecular weight excluding hydrogens is 282 g/mol. The Kier molecular flexibility index (Phi) is 4.02. The second-order valence-corrected chi connectivity index (χ2v) is 5.27. The Morgan fingerprint density at radius 1 is 0.905 bits per heavy atom. The SMILES string of the molecule is Cc1ccc(Cc2nnc(CCl)n2-c2ccccc2)cc1. The molecule has 0 spiro atoms. The van der Waals surface area contributed by atoms with E-state index in [-0.39, 0.29) is 0 Å². The van der Waals surface area contributed by atoms with Gasteiger partial charge in [-0.15, -0.1) is 21.8 Å². The molecule has 106 valence electrons. The Labute approximate surface area is 129 Å². The Morgan fingerprint density at radius 2 is 1.57 bits per heavy atom. The zero-order valence-electron chi connectivity index (χ0n) is 11.8. The molecule has 0 aliphatic rings. The van der Waals surface area contributed by atoms with Gasteiger partial charge in [-0.2, -0.15) is 0 Å². The van der Waals surface area contributed by atoms with Crippen molar-refractivity contribution in [1.29, 1.82) is 0 Å². The first-order valence-corrected chi connectivity index (χ1v) is 7.41. The van der Waals surface area contributed by atoms with Crippen LogP contribution in [0.1, 0.15) is 22.8 Å². The number of rotatable bonds is 4. The summed E-state index contributed by atoms with van der Waals surface area (Å²) in [5.41, 5.74) is 3.51. The van der Waals surface area contributed by atoms with Gasteiger partial charge in [-0.05, 0) is 24.6 Å². The molecule has 0 N–H and O–H groups in total.